The van der Waals surface area contributed by atoms with Crippen LogP contribution in [0.4, 0.5) is 0 Å². The summed E-state index contributed by atoms with van der Waals surface area (Å²) in [6, 6.07) is 13.5. The van der Waals surface area contributed by atoms with Crippen molar-refractivity contribution in [1.29, 1.82) is 0 Å². The minimum Gasteiger partial charge on any atom is -0.746 e. The van der Waals surface area contributed by atoms with Crippen molar-refractivity contribution < 1.29 is 57.1 Å². The SMILES string of the molecule is COc1cc(C(O)S(=O)(=O)[O-])ccc1OCc1ccccc1.[Na+]. The third-order valence-corrected chi connectivity index (χ3v) is 3.80. The van der Waals surface area contributed by atoms with Gasteiger partial charge in [-0.3, -0.25) is 0 Å². The molecule has 0 aliphatic carbocycles. The van der Waals surface area contributed by atoms with E-state index in [0.717, 1.165) is 5.56 Å². The third kappa shape index (κ3) is 5.49. The summed E-state index contributed by atoms with van der Waals surface area (Å²) >= 11 is 0. The van der Waals surface area contributed by atoms with Gasteiger partial charge in [0.15, 0.2) is 16.9 Å². The summed E-state index contributed by atoms with van der Waals surface area (Å²) in [5.74, 6) is 0.613. The van der Waals surface area contributed by atoms with E-state index in [1.807, 2.05) is 30.3 Å². The number of ether oxygens (including phenoxy) is 2. The van der Waals surface area contributed by atoms with Gasteiger partial charge >= 0.3 is 29.6 Å². The van der Waals surface area contributed by atoms with Crippen LogP contribution >= 0.6 is 0 Å². The first-order valence-electron chi connectivity index (χ1n) is 6.39. The Kier molecular flexibility index (Phi) is 7.53. The second-order valence-electron chi connectivity index (χ2n) is 4.53. The van der Waals surface area contributed by atoms with Crippen LogP contribution in [0.3, 0.4) is 0 Å². The fourth-order valence-corrected chi connectivity index (χ4v) is 2.34. The molecule has 2 aromatic rings. The van der Waals surface area contributed by atoms with Crippen LogP contribution in [0.1, 0.15) is 16.6 Å². The molecule has 0 aromatic heterocycles. The Morgan fingerprint density at radius 3 is 2.35 bits per heavy atom. The van der Waals surface area contributed by atoms with Crippen molar-refractivity contribution in [2.75, 3.05) is 7.11 Å². The van der Waals surface area contributed by atoms with Crippen LogP contribution in [0.5, 0.6) is 11.5 Å². The maximum Gasteiger partial charge on any atom is 1.00 e. The van der Waals surface area contributed by atoms with Crippen molar-refractivity contribution in [3.63, 3.8) is 0 Å². The molecule has 2 rings (SSSR count). The van der Waals surface area contributed by atoms with Gasteiger partial charge in [0, 0.05) is 0 Å². The summed E-state index contributed by atoms with van der Waals surface area (Å²) < 4.78 is 43.3. The predicted molar refractivity (Wildman–Crippen MR) is 78.4 cm³/mol. The number of hydrogen-bond donors (Lipinski definition) is 1. The first kappa shape index (κ1) is 20.0. The molecule has 8 heteroatoms. The number of aliphatic hydroxyl groups excluding tert-OH is 1. The monoisotopic (exact) mass is 346 g/mol. The quantitative estimate of drug-likeness (QED) is 0.522. The molecule has 0 amide bonds. The van der Waals surface area contributed by atoms with E-state index >= 15 is 0 Å². The van der Waals surface area contributed by atoms with Gasteiger partial charge in [-0.15, -0.1) is 0 Å². The number of methoxy groups -OCH3 is 1. The van der Waals surface area contributed by atoms with Crippen LogP contribution in [0.15, 0.2) is 48.5 Å². The van der Waals surface area contributed by atoms with Gasteiger partial charge in [0.2, 0.25) is 0 Å². The molecule has 0 aliphatic heterocycles. The summed E-state index contributed by atoms with van der Waals surface area (Å²) in [6.45, 7) is 0.305. The van der Waals surface area contributed by atoms with Gasteiger partial charge in [-0.05, 0) is 23.3 Å². The van der Waals surface area contributed by atoms with Crippen molar-refractivity contribution >= 4 is 10.1 Å². The molecule has 0 saturated heterocycles. The van der Waals surface area contributed by atoms with E-state index in [1.54, 1.807) is 0 Å². The van der Waals surface area contributed by atoms with Crippen molar-refractivity contribution in [1.82, 2.24) is 0 Å². The largest absolute Gasteiger partial charge is 1.00 e. The second-order valence-corrected chi connectivity index (χ2v) is 5.96. The summed E-state index contributed by atoms with van der Waals surface area (Å²) in [4.78, 5) is 0. The zero-order chi connectivity index (χ0) is 16.2. The topological polar surface area (TPSA) is 95.9 Å². The maximum atomic E-state index is 10.8. The summed E-state index contributed by atoms with van der Waals surface area (Å²) in [5.41, 5.74) is -1.25. The van der Waals surface area contributed by atoms with Crippen LogP contribution in [0, 0.1) is 0 Å². The van der Waals surface area contributed by atoms with Gasteiger partial charge in [-0.25, -0.2) is 8.42 Å². The molecule has 118 valence electrons. The van der Waals surface area contributed by atoms with Crippen molar-refractivity contribution in [3.05, 3.63) is 59.7 Å². The molecule has 0 saturated carbocycles. The molecular weight excluding hydrogens is 331 g/mol. The molecule has 1 atom stereocenters. The zero-order valence-electron chi connectivity index (χ0n) is 12.8. The molecule has 0 spiro atoms. The Morgan fingerprint density at radius 1 is 1.13 bits per heavy atom. The average molecular weight is 346 g/mol. The Balaban J connectivity index is 0.00000264. The molecular formula is C15H15NaO6S. The van der Waals surface area contributed by atoms with Gasteiger partial charge in [-0.2, -0.15) is 0 Å². The molecule has 0 bridgehead atoms. The second kappa shape index (κ2) is 8.68. The van der Waals surface area contributed by atoms with Gasteiger partial charge in [0.05, 0.1) is 7.11 Å². The smallest absolute Gasteiger partial charge is 0.746 e. The molecule has 6 nitrogen and oxygen atoms in total. The van der Waals surface area contributed by atoms with Crippen molar-refractivity contribution in [2.24, 2.45) is 0 Å². The van der Waals surface area contributed by atoms with E-state index in [-0.39, 0.29) is 40.9 Å². The van der Waals surface area contributed by atoms with Crippen molar-refractivity contribution in [2.45, 2.75) is 12.0 Å². The van der Waals surface area contributed by atoms with Gasteiger partial charge in [-0.1, -0.05) is 36.4 Å². The van der Waals surface area contributed by atoms with E-state index in [4.69, 9.17) is 9.47 Å². The standard InChI is InChI=1S/C15H16O6S.Na/c1-20-14-9-12(15(16)22(17,18)19)7-8-13(14)21-10-11-5-3-2-4-6-11;/h2-9,15-16H,10H2,1H3,(H,17,18,19);/q;+1/p-1. The number of hydrogen-bond acceptors (Lipinski definition) is 6. The molecule has 0 heterocycles. The zero-order valence-corrected chi connectivity index (χ0v) is 15.6. The molecule has 0 radical (unpaired) electrons. The van der Waals surface area contributed by atoms with Gasteiger partial charge < -0.3 is 19.1 Å². The minimum absolute atomic E-state index is 0. The Bertz CT molecular complexity index is 733. The van der Waals surface area contributed by atoms with Crippen LogP contribution in [0.25, 0.3) is 0 Å². The van der Waals surface area contributed by atoms with Crippen LogP contribution in [0.2, 0.25) is 0 Å². The fraction of sp³-hybridized carbons (Fsp3) is 0.200. The first-order valence-corrected chi connectivity index (χ1v) is 7.86. The van der Waals surface area contributed by atoms with Gasteiger partial charge in [0.25, 0.3) is 0 Å². The molecule has 2 aromatic carbocycles. The summed E-state index contributed by atoms with van der Waals surface area (Å²) in [6.07, 6.45) is 0. The van der Waals surface area contributed by atoms with E-state index in [1.165, 1.54) is 25.3 Å². The fourth-order valence-electron chi connectivity index (χ4n) is 1.86. The first-order chi connectivity index (χ1) is 10.4. The van der Waals surface area contributed by atoms with E-state index in [9.17, 15) is 18.1 Å². The van der Waals surface area contributed by atoms with Crippen LogP contribution in [-0.4, -0.2) is 25.2 Å². The van der Waals surface area contributed by atoms with Crippen molar-refractivity contribution in [3.8, 4) is 11.5 Å². The summed E-state index contributed by atoms with van der Waals surface area (Å²) in [7, 11) is -3.46. The molecule has 23 heavy (non-hydrogen) atoms. The minimum atomic E-state index is -4.84. The normalized spacial score (nSPS) is 12.1. The Labute approximate surface area is 157 Å². The average Bonchev–Trinajstić information content (AvgIpc) is 2.52. The molecule has 1 N–H and O–H groups in total. The third-order valence-electron chi connectivity index (χ3n) is 2.98. The summed E-state index contributed by atoms with van der Waals surface area (Å²) in [5, 5.41) is 9.48. The Morgan fingerprint density at radius 2 is 1.78 bits per heavy atom. The van der Waals surface area contributed by atoms with Crippen LogP contribution < -0.4 is 39.0 Å². The van der Waals surface area contributed by atoms with E-state index in [0.29, 0.717) is 12.4 Å². The number of benzene rings is 2. The molecule has 1 unspecified atom stereocenters. The number of rotatable bonds is 6. The predicted octanol–water partition coefficient (Wildman–Crippen LogP) is -1.19. The Hall–Kier alpha value is -1.09. The van der Waals surface area contributed by atoms with E-state index < -0.39 is 15.6 Å². The number of aliphatic hydroxyl groups is 1. The van der Waals surface area contributed by atoms with Gasteiger partial charge in [0.1, 0.15) is 16.7 Å². The molecule has 0 fully saturated rings. The maximum absolute atomic E-state index is 10.8. The van der Waals surface area contributed by atoms with E-state index in [2.05, 4.69) is 0 Å². The molecule has 0 aliphatic rings. The van der Waals surface area contributed by atoms with Crippen LogP contribution in [-0.2, 0) is 16.7 Å².